The molecule has 0 amide bonds. The average molecular weight is 303 g/mol. The number of carbonyl (C=O) groups is 1. The van der Waals surface area contributed by atoms with Crippen LogP contribution in [0.15, 0.2) is 24.3 Å². The molecule has 21 heavy (non-hydrogen) atoms. The quantitative estimate of drug-likeness (QED) is 0.843. The summed E-state index contributed by atoms with van der Waals surface area (Å²) < 4.78 is 38.2. The van der Waals surface area contributed by atoms with Gasteiger partial charge in [-0.3, -0.25) is 4.79 Å². The lowest BCUT2D eigenvalue weighted by Gasteiger charge is -2.25. The van der Waals surface area contributed by atoms with E-state index < -0.39 is 23.8 Å². The zero-order valence-electron chi connectivity index (χ0n) is 12.0. The van der Waals surface area contributed by atoms with Crippen molar-refractivity contribution in [3.05, 3.63) is 35.4 Å². The third-order valence-corrected chi connectivity index (χ3v) is 3.85. The third-order valence-electron chi connectivity index (χ3n) is 3.85. The van der Waals surface area contributed by atoms with Gasteiger partial charge in [0.25, 0.3) is 0 Å². The van der Waals surface area contributed by atoms with Crippen LogP contribution in [0.1, 0.15) is 43.7 Å². The molecule has 3 unspecified atom stereocenters. The maximum atomic E-state index is 12.7. The minimum absolute atomic E-state index is 0.0837. The van der Waals surface area contributed by atoms with Crippen LogP contribution >= 0.6 is 0 Å². The molecule has 0 aliphatic rings. The van der Waals surface area contributed by atoms with Crippen LogP contribution in [-0.2, 0) is 11.0 Å². The highest BCUT2D eigenvalue weighted by Gasteiger charge is 2.31. The minimum atomic E-state index is -4.38. The first-order valence-electron chi connectivity index (χ1n) is 6.82. The fourth-order valence-electron chi connectivity index (χ4n) is 2.42. The molecule has 0 aliphatic carbocycles. The molecule has 6 heteroatoms. The summed E-state index contributed by atoms with van der Waals surface area (Å²) in [6, 6.07) is 4.16. The van der Waals surface area contributed by atoms with Gasteiger partial charge >= 0.3 is 12.1 Å². The molecule has 0 aliphatic heterocycles. The molecule has 0 saturated carbocycles. The van der Waals surface area contributed by atoms with Crippen LogP contribution in [0.4, 0.5) is 13.2 Å². The molecular formula is C15H20F3NO2. The summed E-state index contributed by atoms with van der Waals surface area (Å²) in [5, 5.41) is 8.86. The summed E-state index contributed by atoms with van der Waals surface area (Å²) in [4.78, 5) is 10.8. The summed E-state index contributed by atoms with van der Waals surface area (Å²) in [5.74, 6) is -1.37. The number of carboxylic acids is 1. The molecule has 1 rings (SSSR count). The van der Waals surface area contributed by atoms with Gasteiger partial charge in [-0.25, -0.2) is 0 Å². The highest BCUT2D eigenvalue weighted by Crippen LogP contribution is 2.34. The van der Waals surface area contributed by atoms with Crippen molar-refractivity contribution in [1.82, 2.24) is 0 Å². The molecule has 0 aromatic heterocycles. The molecule has 0 saturated heterocycles. The summed E-state index contributed by atoms with van der Waals surface area (Å²) in [7, 11) is 0. The van der Waals surface area contributed by atoms with E-state index in [2.05, 4.69) is 0 Å². The van der Waals surface area contributed by atoms with Crippen molar-refractivity contribution >= 4 is 5.97 Å². The topological polar surface area (TPSA) is 63.3 Å². The van der Waals surface area contributed by atoms with Crippen molar-refractivity contribution in [3.8, 4) is 0 Å². The van der Waals surface area contributed by atoms with E-state index in [-0.39, 0.29) is 18.3 Å². The number of nitrogens with two attached hydrogens (primary N) is 1. The number of hydrogen-bond acceptors (Lipinski definition) is 2. The Morgan fingerprint density at radius 1 is 1.38 bits per heavy atom. The standard InChI is InChI=1S/C15H20F3NO2/c1-3-10(8-13(19)14(20)21)9(2)11-5-4-6-12(7-11)15(16,17)18/h4-7,9-10,13H,3,8,19H2,1-2H3,(H,20,21). The average Bonchev–Trinajstić information content (AvgIpc) is 2.42. The highest BCUT2D eigenvalue weighted by molar-refractivity contribution is 5.73. The van der Waals surface area contributed by atoms with Gasteiger partial charge in [-0.1, -0.05) is 38.5 Å². The maximum absolute atomic E-state index is 12.7. The van der Waals surface area contributed by atoms with Crippen molar-refractivity contribution in [2.24, 2.45) is 11.7 Å². The first-order valence-corrected chi connectivity index (χ1v) is 6.82. The molecule has 1 aromatic rings. The summed E-state index contributed by atoms with van der Waals surface area (Å²) in [6.45, 7) is 3.68. The predicted octanol–water partition coefficient (Wildman–Crippen LogP) is 3.64. The lowest BCUT2D eigenvalue weighted by molar-refractivity contribution is -0.139. The molecular weight excluding hydrogens is 283 g/mol. The van der Waals surface area contributed by atoms with Crippen LogP contribution in [0.25, 0.3) is 0 Å². The molecule has 3 atom stereocenters. The summed E-state index contributed by atoms with van der Waals surface area (Å²) >= 11 is 0. The second kappa shape index (κ2) is 6.93. The Morgan fingerprint density at radius 2 is 2.00 bits per heavy atom. The molecule has 1 aromatic carbocycles. The number of hydrogen-bond donors (Lipinski definition) is 2. The Kier molecular flexibility index (Phi) is 5.78. The SMILES string of the molecule is CCC(CC(N)C(=O)O)C(C)c1cccc(C(F)(F)F)c1. The van der Waals surface area contributed by atoms with Crippen molar-refractivity contribution < 1.29 is 23.1 Å². The van der Waals surface area contributed by atoms with E-state index in [0.717, 1.165) is 12.1 Å². The molecule has 3 nitrogen and oxygen atoms in total. The van der Waals surface area contributed by atoms with Gasteiger partial charge in [-0.2, -0.15) is 13.2 Å². The van der Waals surface area contributed by atoms with Crippen molar-refractivity contribution in [2.45, 2.75) is 44.8 Å². The van der Waals surface area contributed by atoms with Crippen molar-refractivity contribution in [1.29, 1.82) is 0 Å². The van der Waals surface area contributed by atoms with E-state index >= 15 is 0 Å². The number of halogens is 3. The molecule has 0 fully saturated rings. The van der Waals surface area contributed by atoms with Gasteiger partial charge < -0.3 is 10.8 Å². The normalized spacial score (nSPS) is 16.3. The van der Waals surface area contributed by atoms with Gasteiger partial charge in [0.2, 0.25) is 0 Å². The molecule has 0 bridgehead atoms. The van der Waals surface area contributed by atoms with E-state index in [4.69, 9.17) is 10.8 Å². The molecule has 0 spiro atoms. The number of alkyl halides is 3. The lowest BCUT2D eigenvalue weighted by Crippen LogP contribution is -2.33. The van der Waals surface area contributed by atoms with Crippen LogP contribution in [0.5, 0.6) is 0 Å². The monoisotopic (exact) mass is 303 g/mol. The number of benzene rings is 1. The van der Waals surface area contributed by atoms with Crippen LogP contribution in [-0.4, -0.2) is 17.1 Å². The van der Waals surface area contributed by atoms with Crippen LogP contribution in [0.3, 0.4) is 0 Å². The molecule has 0 radical (unpaired) electrons. The number of aliphatic carboxylic acids is 1. The fourth-order valence-corrected chi connectivity index (χ4v) is 2.42. The second-order valence-electron chi connectivity index (χ2n) is 5.26. The van der Waals surface area contributed by atoms with Crippen molar-refractivity contribution in [3.63, 3.8) is 0 Å². The van der Waals surface area contributed by atoms with Gasteiger partial charge in [-0.15, -0.1) is 0 Å². The van der Waals surface area contributed by atoms with E-state index in [1.807, 2.05) is 6.92 Å². The van der Waals surface area contributed by atoms with E-state index in [1.165, 1.54) is 6.07 Å². The first kappa shape index (κ1) is 17.5. The van der Waals surface area contributed by atoms with Crippen molar-refractivity contribution in [2.75, 3.05) is 0 Å². The maximum Gasteiger partial charge on any atom is 0.416 e. The zero-order chi connectivity index (χ0) is 16.2. The minimum Gasteiger partial charge on any atom is -0.480 e. The molecule has 118 valence electrons. The smallest absolute Gasteiger partial charge is 0.416 e. The van der Waals surface area contributed by atoms with Crippen LogP contribution < -0.4 is 5.73 Å². The Labute approximate surface area is 122 Å². The first-order chi connectivity index (χ1) is 9.66. The highest BCUT2D eigenvalue weighted by atomic mass is 19.4. The fraction of sp³-hybridized carbons (Fsp3) is 0.533. The molecule has 0 heterocycles. The van der Waals surface area contributed by atoms with Gasteiger partial charge in [0, 0.05) is 0 Å². The largest absolute Gasteiger partial charge is 0.480 e. The zero-order valence-corrected chi connectivity index (χ0v) is 12.0. The van der Waals surface area contributed by atoms with E-state index in [0.29, 0.717) is 12.0 Å². The van der Waals surface area contributed by atoms with Crippen LogP contribution in [0, 0.1) is 5.92 Å². The Hall–Kier alpha value is -1.56. The summed E-state index contributed by atoms with van der Waals surface area (Å²) in [6.07, 6.45) is -3.49. The predicted molar refractivity (Wildman–Crippen MR) is 73.9 cm³/mol. The summed E-state index contributed by atoms with van der Waals surface area (Å²) in [5.41, 5.74) is 5.39. The van der Waals surface area contributed by atoms with Gasteiger partial charge in [0.05, 0.1) is 5.56 Å². The Morgan fingerprint density at radius 3 is 2.48 bits per heavy atom. The second-order valence-corrected chi connectivity index (χ2v) is 5.26. The van der Waals surface area contributed by atoms with E-state index in [1.54, 1.807) is 13.0 Å². The third kappa shape index (κ3) is 4.74. The number of rotatable bonds is 6. The number of carboxylic acid groups (broad SMARTS) is 1. The Bertz CT molecular complexity index is 488. The lowest BCUT2D eigenvalue weighted by atomic mass is 9.81. The van der Waals surface area contributed by atoms with Gasteiger partial charge in [-0.05, 0) is 29.9 Å². The van der Waals surface area contributed by atoms with Gasteiger partial charge in [0.1, 0.15) is 6.04 Å². The van der Waals surface area contributed by atoms with E-state index in [9.17, 15) is 18.0 Å². The van der Waals surface area contributed by atoms with Crippen LogP contribution in [0.2, 0.25) is 0 Å². The van der Waals surface area contributed by atoms with Gasteiger partial charge in [0.15, 0.2) is 0 Å². The molecule has 3 N–H and O–H groups in total. The Balaban J connectivity index is 2.95.